The maximum absolute atomic E-state index is 12.8. The Morgan fingerprint density at radius 2 is 1.88 bits per heavy atom. The number of rotatable bonds is 3. The molecule has 1 aromatic rings. The van der Waals surface area contributed by atoms with Gasteiger partial charge in [0.05, 0.1) is 18.3 Å². The molecule has 2 heterocycles. The van der Waals surface area contributed by atoms with Gasteiger partial charge in [0.2, 0.25) is 0 Å². The van der Waals surface area contributed by atoms with Crippen molar-refractivity contribution in [2.24, 2.45) is 0 Å². The predicted molar refractivity (Wildman–Crippen MR) is 87.6 cm³/mol. The van der Waals surface area contributed by atoms with Crippen molar-refractivity contribution in [3.05, 3.63) is 29.3 Å². The second kappa shape index (κ2) is 6.81. The molecule has 1 N–H and O–H groups in total. The lowest BCUT2D eigenvalue weighted by atomic mass is 9.92. The number of benzene rings is 1. The van der Waals surface area contributed by atoms with E-state index in [0.717, 1.165) is 38.7 Å². The maximum atomic E-state index is 12.8. The Morgan fingerprint density at radius 3 is 2.54 bits per heavy atom. The van der Waals surface area contributed by atoms with Gasteiger partial charge in [0.15, 0.2) is 0 Å². The fraction of sp³-hybridized carbons (Fsp3) is 0.556. The van der Waals surface area contributed by atoms with E-state index in [0.29, 0.717) is 24.4 Å². The number of hydrogen-bond acceptors (Lipinski definition) is 4. The molecule has 1 unspecified atom stereocenters. The van der Waals surface area contributed by atoms with Crippen LogP contribution in [0.2, 0.25) is 0 Å². The number of carboxylic acid groups (broad SMARTS) is 1. The van der Waals surface area contributed by atoms with Gasteiger partial charge in [0, 0.05) is 25.3 Å². The van der Waals surface area contributed by atoms with Gasteiger partial charge in [-0.1, -0.05) is 0 Å². The third kappa shape index (κ3) is 3.38. The molecule has 2 saturated heterocycles. The number of methoxy groups -OCH3 is 1. The molecule has 1 amide bonds. The van der Waals surface area contributed by atoms with Gasteiger partial charge >= 0.3 is 5.97 Å². The normalized spacial score (nSPS) is 24.0. The van der Waals surface area contributed by atoms with E-state index < -0.39 is 5.97 Å². The van der Waals surface area contributed by atoms with Crippen molar-refractivity contribution in [1.82, 2.24) is 4.90 Å². The van der Waals surface area contributed by atoms with Crippen LogP contribution in [0.15, 0.2) is 18.2 Å². The third-order valence-electron chi connectivity index (χ3n) is 5.01. The summed E-state index contributed by atoms with van der Waals surface area (Å²) in [4.78, 5) is 25.9. The lowest BCUT2D eigenvalue weighted by Gasteiger charge is -2.27. The molecule has 6 heteroatoms. The van der Waals surface area contributed by atoms with Crippen LogP contribution in [0, 0.1) is 0 Å². The molecule has 0 bridgehead atoms. The van der Waals surface area contributed by atoms with E-state index in [4.69, 9.17) is 9.47 Å². The molecule has 1 spiro atoms. The van der Waals surface area contributed by atoms with Crippen molar-refractivity contribution in [3.63, 3.8) is 0 Å². The molecule has 3 rings (SSSR count). The first kappa shape index (κ1) is 16.8. The number of carboxylic acids is 1. The fourth-order valence-corrected chi connectivity index (χ4v) is 3.67. The number of amides is 1. The summed E-state index contributed by atoms with van der Waals surface area (Å²) in [5.74, 6) is -0.841. The standard InChI is InChI=1S/C18H23NO5/c1-23-15-11-13(10-14(12-15)17(21)22)16(20)19-7-2-4-18(6-8-19)5-3-9-24-18/h10-12H,2-9H2,1H3,(H,21,22). The van der Waals surface area contributed by atoms with E-state index in [2.05, 4.69) is 0 Å². The van der Waals surface area contributed by atoms with Crippen LogP contribution in [0.4, 0.5) is 0 Å². The molecule has 2 aliphatic heterocycles. The largest absolute Gasteiger partial charge is 0.497 e. The number of likely N-dealkylation sites (tertiary alicyclic amines) is 1. The molecule has 0 aliphatic carbocycles. The monoisotopic (exact) mass is 333 g/mol. The highest BCUT2D eigenvalue weighted by Crippen LogP contribution is 2.36. The summed E-state index contributed by atoms with van der Waals surface area (Å²) in [5.41, 5.74) is 0.355. The zero-order valence-electron chi connectivity index (χ0n) is 13.9. The van der Waals surface area contributed by atoms with Crippen molar-refractivity contribution < 1.29 is 24.2 Å². The van der Waals surface area contributed by atoms with Crippen LogP contribution in [0.1, 0.15) is 52.8 Å². The first-order valence-electron chi connectivity index (χ1n) is 8.39. The molecule has 24 heavy (non-hydrogen) atoms. The number of carbonyl (C=O) groups excluding carboxylic acids is 1. The molecule has 2 aliphatic rings. The average molecular weight is 333 g/mol. The summed E-state index contributed by atoms with van der Waals surface area (Å²) in [6, 6.07) is 4.43. The van der Waals surface area contributed by atoms with Crippen molar-refractivity contribution in [1.29, 1.82) is 0 Å². The van der Waals surface area contributed by atoms with Gasteiger partial charge in [-0.15, -0.1) is 0 Å². The van der Waals surface area contributed by atoms with E-state index in [9.17, 15) is 14.7 Å². The fourth-order valence-electron chi connectivity index (χ4n) is 3.67. The molecular formula is C18H23NO5. The summed E-state index contributed by atoms with van der Waals surface area (Å²) < 4.78 is 11.1. The van der Waals surface area contributed by atoms with E-state index >= 15 is 0 Å². The summed E-state index contributed by atoms with van der Waals surface area (Å²) in [6.07, 6.45) is 4.88. The Kier molecular flexibility index (Phi) is 4.76. The van der Waals surface area contributed by atoms with Crippen molar-refractivity contribution in [3.8, 4) is 5.75 Å². The summed E-state index contributed by atoms with van der Waals surface area (Å²) >= 11 is 0. The Labute approximate surface area is 141 Å². The van der Waals surface area contributed by atoms with Gasteiger partial charge in [0.1, 0.15) is 5.75 Å². The van der Waals surface area contributed by atoms with Crippen LogP contribution < -0.4 is 4.74 Å². The Balaban J connectivity index is 1.78. The summed E-state index contributed by atoms with van der Waals surface area (Å²) in [7, 11) is 1.46. The third-order valence-corrected chi connectivity index (χ3v) is 5.01. The predicted octanol–water partition coefficient (Wildman–Crippen LogP) is 2.57. The Morgan fingerprint density at radius 1 is 1.12 bits per heavy atom. The lowest BCUT2D eigenvalue weighted by Crippen LogP contribution is -2.34. The minimum Gasteiger partial charge on any atom is -0.497 e. The maximum Gasteiger partial charge on any atom is 0.335 e. The molecule has 2 fully saturated rings. The number of hydrogen-bond donors (Lipinski definition) is 1. The first-order chi connectivity index (χ1) is 11.5. The van der Waals surface area contributed by atoms with Crippen LogP contribution in [-0.2, 0) is 4.74 Å². The molecule has 1 atom stereocenters. The molecule has 130 valence electrons. The molecular weight excluding hydrogens is 310 g/mol. The second-order valence-corrected chi connectivity index (χ2v) is 6.54. The zero-order chi connectivity index (χ0) is 17.2. The van der Waals surface area contributed by atoms with Crippen molar-refractivity contribution in [2.75, 3.05) is 26.8 Å². The van der Waals surface area contributed by atoms with E-state index in [1.54, 1.807) is 11.0 Å². The smallest absolute Gasteiger partial charge is 0.335 e. The van der Waals surface area contributed by atoms with Gasteiger partial charge in [-0.2, -0.15) is 0 Å². The molecule has 1 aromatic carbocycles. The van der Waals surface area contributed by atoms with Crippen LogP contribution in [0.5, 0.6) is 5.75 Å². The lowest BCUT2D eigenvalue weighted by molar-refractivity contribution is -0.00692. The zero-order valence-corrected chi connectivity index (χ0v) is 13.9. The second-order valence-electron chi connectivity index (χ2n) is 6.54. The SMILES string of the molecule is COc1cc(C(=O)O)cc(C(=O)N2CCCC3(CCCO3)CC2)c1. The Bertz CT molecular complexity index is 636. The summed E-state index contributed by atoms with van der Waals surface area (Å²) in [5, 5.41) is 9.21. The van der Waals surface area contributed by atoms with Gasteiger partial charge in [-0.05, 0) is 50.3 Å². The van der Waals surface area contributed by atoms with Crippen LogP contribution in [0.3, 0.4) is 0 Å². The highest BCUT2D eigenvalue weighted by molar-refractivity contribution is 5.98. The molecule has 0 saturated carbocycles. The van der Waals surface area contributed by atoms with E-state index in [-0.39, 0.29) is 17.1 Å². The number of nitrogens with zero attached hydrogens (tertiary/aromatic N) is 1. The Hall–Kier alpha value is -2.08. The first-order valence-corrected chi connectivity index (χ1v) is 8.39. The topological polar surface area (TPSA) is 76.1 Å². The van der Waals surface area contributed by atoms with Gasteiger partial charge in [0.25, 0.3) is 5.91 Å². The number of carbonyl (C=O) groups is 2. The van der Waals surface area contributed by atoms with Gasteiger partial charge < -0.3 is 19.5 Å². The highest BCUT2D eigenvalue weighted by Gasteiger charge is 2.37. The van der Waals surface area contributed by atoms with Gasteiger partial charge in [-0.25, -0.2) is 4.79 Å². The number of aromatic carboxylic acids is 1. The minimum atomic E-state index is -1.07. The van der Waals surface area contributed by atoms with E-state index in [1.165, 1.54) is 19.2 Å². The average Bonchev–Trinajstić information content (AvgIpc) is 2.94. The van der Waals surface area contributed by atoms with Crippen LogP contribution in [-0.4, -0.2) is 54.3 Å². The molecule has 0 radical (unpaired) electrons. The van der Waals surface area contributed by atoms with Crippen LogP contribution >= 0.6 is 0 Å². The van der Waals surface area contributed by atoms with Crippen molar-refractivity contribution in [2.45, 2.75) is 37.7 Å². The quantitative estimate of drug-likeness (QED) is 0.920. The van der Waals surface area contributed by atoms with E-state index in [1.807, 2.05) is 0 Å². The number of ether oxygens (including phenoxy) is 2. The summed E-state index contributed by atoms with van der Waals surface area (Å²) in [6.45, 7) is 2.12. The molecule has 6 nitrogen and oxygen atoms in total. The molecule has 0 aromatic heterocycles. The van der Waals surface area contributed by atoms with Crippen LogP contribution in [0.25, 0.3) is 0 Å². The van der Waals surface area contributed by atoms with Gasteiger partial charge in [-0.3, -0.25) is 4.79 Å². The van der Waals surface area contributed by atoms with Crippen molar-refractivity contribution >= 4 is 11.9 Å². The highest BCUT2D eigenvalue weighted by atomic mass is 16.5. The minimum absolute atomic E-state index is 0.0584.